The van der Waals surface area contributed by atoms with E-state index in [0.29, 0.717) is 17.9 Å². The minimum atomic E-state index is -0.496. The lowest BCUT2D eigenvalue weighted by molar-refractivity contribution is 0.0992. The summed E-state index contributed by atoms with van der Waals surface area (Å²) in [4.78, 5) is 12.5. The van der Waals surface area contributed by atoms with Crippen LogP contribution >= 0.6 is 0 Å². The Morgan fingerprint density at radius 1 is 1.19 bits per heavy atom. The molecule has 4 rings (SSSR count). The fourth-order valence-electron chi connectivity index (χ4n) is 2.70. The average Bonchev–Trinajstić information content (AvgIpc) is 3.30. The highest BCUT2D eigenvalue weighted by Gasteiger charge is 2.23. The summed E-state index contributed by atoms with van der Waals surface area (Å²) < 4.78 is 11.4. The smallest absolute Gasteiger partial charge is 0.297 e. The molecule has 0 aliphatic carbocycles. The lowest BCUT2D eigenvalue weighted by Crippen LogP contribution is -2.13. The van der Waals surface area contributed by atoms with Crippen molar-refractivity contribution in [1.82, 2.24) is 20.6 Å². The first-order valence-corrected chi connectivity index (χ1v) is 8.06. The van der Waals surface area contributed by atoms with Gasteiger partial charge in [-0.15, -0.1) is 0 Å². The Morgan fingerprint density at radius 2 is 2.04 bits per heavy atom. The van der Waals surface area contributed by atoms with Crippen molar-refractivity contribution in [2.24, 2.45) is 0 Å². The summed E-state index contributed by atoms with van der Waals surface area (Å²) in [5.41, 5.74) is 2.64. The molecule has 0 aliphatic rings. The van der Waals surface area contributed by atoms with Gasteiger partial charge in [0.25, 0.3) is 5.91 Å². The predicted octanol–water partition coefficient (Wildman–Crippen LogP) is 3.26. The lowest BCUT2D eigenvalue weighted by atomic mass is 10.0. The van der Waals surface area contributed by atoms with Gasteiger partial charge in [-0.2, -0.15) is 0 Å². The van der Waals surface area contributed by atoms with Gasteiger partial charge in [0.05, 0.1) is 12.0 Å². The number of furan rings is 1. The number of nitrogens with zero attached hydrogens (tertiary/aromatic N) is 3. The summed E-state index contributed by atoms with van der Waals surface area (Å²) in [6, 6.07) is 15.7. The summed E-state index contributed by atoms with van der Waals surface area (Å²) in [5.74, 6) is 0.0982. The molecule has 2 heterocycles. The van der Waals surface area contributed by atoms with E-state index in [1.54, 1.807) is 0 Å². The van der Waals surface area contributed by atoms with Crippen LogP contribution in [0.2, 0.25) is 0 Å². The second kappa shape index (κ2) is 6.67. The molecular weight excluding hydrogens is 334 g/mol. The first-order chi connectivity index (χ1) is 12.8. The van der Waals surface area contributed by atoms with Crippen molar-refractivity contribution >= 4 is 22.8 Å². The van der Waals surface area contributed by atoms with Crippen LogP contribution in [0, 0.1) is 0 Å². The molecule has 4 aromatic rings. The Kier molecular flexibility index (Phi) is 4.06. The number of hydrogen-bond acceptors (Lipinski definition) is 6. The Labute approximate surface area is 148 Å². The number of H-pyrrole nitrogens is 1. The number of carbonyl (C=O) groups excluding carboxylic acids is 1. The van der Waals surface area contributed by atoms with Crippen LogP contribution in [0.15, 0.2) is 52.9 Å². The Balaban J connectivity index is 1.78. The Morgan fingerprint density at radius 3 is 2.77 bits per heavy atom. The number of aromatic nitrogens is 4. The number of benzene rings is 2. The van der Waals surface area contributed by atoms with Crippen molar-refractivity contribution in [2.75, 3.05) is 11.9 Å². The fraction of sp³-hybridized carbons (Fsp3) is 0.111. The van der Waals surface area contributed by atoms with Gasteiger partial charge in [0, 0.05) is 0 Å². The van der Waals surface area contributed by atoms with Crippen LogP contribution in [0.4, 0.5) is 5.95 Å². The molecule has 8 nitrogen and oxygen atoms in total. The maximum atomic E-state index is 12.5. The second-order valence-electron chi connectivity index (χ2n) is 5.47. The molecule has 0 radical (unpaired) electrons. The molecule has 2 N–H and O–H groups in total. The monoisotopic (exact) mass is 349 g/mol. The van der Waals surface area contributed by atoms with E-state index in [9.17, 15) is 4.79 Å². The van der Waals surface area contributed by atoms with Crippen LogP contribution in [-0.2, 0) is 0 Å². The molecule has 0 saturated heterocycles. The van der Waals surface area contributed by atoms with Crippen LogP contribution in [0.25, 0.3) is 22.1 Å². The van der Waals surface area contributed by atoms with E-state index in [2.05, 4.69) is 25.9 Å². The van der Waals surface area contributed by atoms with Gasteiger partial charge in [0.2, 0.25) is 11.7 Å². The number of fused-ring (bicyclic) bond motifs is 1. The number of hydrogen-bond donors (Lipinski definition) is 2. The molecule has 0 saturated carbocycles. The molecule has 8 heteroatoms. The third-order valence-corrected chi connectivity index (χ3v) is 3.82. The number of anilines is 1. The van der Waals surface area contributed by atoms with E-state index in [0.717, 1.165) is 16.5 Å². The molecule has 2 aromatic carbocycles. The number of ether oxygens (including phenoxy) is 1. The van der Waals surface area contributed by atoms with Gasteiger partial charge in [-0.05, 0) is 40.6 Å². The molecule has 0 spiro atoms. The highest BCUT2D eigenvalue weighted by atomic mass is 16.5. The maximum Gasteiger partial charge on any atom is 0.297 e. The third kappa shape index (κ3) is 2.88. The molecule has 0 unspecified atom stereocenters. The molecular formula is C18H15N5O3. The number of aromatic amines is 1. The quantitative estimate of drug-likeness (QED) is 0.573. The minimum absolute atomic E-state index is 0.0726. The first-order valence-electron chi connectivity index (χ1n) is 8.06. The van der Waals surface area contributed by atoms with Crippen molar-refractivity contribution in [2.45, 2.75) is 6.92 Å². The van der Waals surface area contributed by atoms with Crippen molar-refractivity contribution in [1.29, 1.82) is 0 Å². The first kappa shape index (κ1) is 15.8. The van der Waals surface area contributed by atoms with Crippen LogP contribution in [0.3, 0.4) is 0 Å². The highest BCUT2D eigenvalue weighted by Crippen LogP contribution is 2.36. The average molecular weight is 349 g/mol. The Bertz CT molecular complexity index is 1040. The van der Waals surface area contributed by atoms with E-state index >= 15 is 0 Å². The number of nitrogens with one attached hydrogen (secondary N) is 2. The van der Waals surface area contributed by atoms with Crippen LogP contribution in [0.1, 0.15) is 17.5 Å². The topological polar surface area (TPSA) is 106 Å². The SMILES string of the molecule is CCOc1c(C(=O)Nc2nnn[nH]2)oc2ccc(-c3ccccc3)cc12. The van der Waals surface area contributed by atoms with Gasteiger partial charge in [-0.1, -0.05) is 41.5 Å². The molecule has 26 heavy (non-hydrogen) atoms. The zero-order valence-electron chi connectivity index (χ0n) is 13.9. The van der Waals surface area contributed by atoms with E-state index in [-0.39, 0.29) is 11.7 Å². The lowest BCUT2D eigenvalue weighted by Gasteiger charge is -2.05. The van der Waals surface area contributed by atoms with Gasteiger partial charge in [-0.25, -0.2) is 5.10 Å². The van der Waals surface area contributed by atoms with Crippen LogP contribution in [-0.4, -0.2) is 33.1 Å². The van der Waals surface area contributed by atoms with Crippen molar-refractivity contribution in [3.05, 3.63) is 54.3 Å². The predicted molar refractivity (Wildman–Crippen MR) is 94.9 cm³/mol. The Hall–Kier alpha value is -3.68. The normalized spacial score (nSPS) is 10.8. The summed E-state index contributed by atoms with van der Waals surface area (Å²) in [7, 11) is 0. The summed E-state index contributed by atoms with van der Waals surface area (Å²) in [6.45, 7) is 2.25. The summed E-state index contributed by atoms with van der Waals surface area (Å²) in [6.07, 6.45) is 0. The fourth-order valence-corrected chi connectivity index (χ4v) is 2.70. The third-order valence-electron chi connectivity index (χ3n) is 3.82. The van der Waals surface area contributed by atoms with Gasteiger partial charge in [0.15, 0.2) is 5.75 Å². The van der Waals surface area contributed by atoms with E-state index < -0.39 is 5.91 Å². The molecule has 0 aliphatic heterocycles. The molecule has 130 valence electrons. The largest absolute Gasteiger partial charge is 0.489 e. The molecule has 2 aromatic heterocycles. The maximum absolute atomic E-state index is 12.5. The van der Waals surface area contributed by atoms with Crippen molar-refractivity contribution < 1.29 is 13.9 Å². The number of amides is 1. The standard InChI is InChI=1S/C18H15N5O3/c1-2-25-15-13-10-12(11-6-4-3-5-7-11)8-9-14(13)26-16(15)17(24)19-18-20-22-23-21-18/h3-10H,2H2,1H3,(H2,19,20,21,22,23,24). The summed E-state index contributed by atoms with van der Waals surface area (Å²) >= 11 is 0. The molecule has 0 fully saturated rings. The van der Waals surface area contributed by atoms with E-state index in [1.165, 1.54) is 0 Å². The molecule has 1 amide bonds. The molecule has 0 atom stereocenters. The minimum Gasteiger partial charge on any atom is -0.489 e. The van der Waals surface area contributed by atoms with Gasteiger partial charge >= 0.3 is 0 Å². The second-order valence-corrected chi connectivity index (χ2v) is 5.47. The van der Waals surface area contributed by atoms with Crippen molar-refractivity contribution in [3.63, 3.8) is 0 Å². The summed E-state index contributed by atoms with van der Waals surface area (Å²) in [5, 5.41) is 16.2. The van der Waals surface area contributed by atoms with Crippen LogP contribution in [0.5, 0.6) is 5.75 Å². The van der Waals surface area contributed by atoms with E-state index in [1.807, 2.05) is 55.5 Å². The van der Waals surface area contributed by atoms with E-state index in [4.69, 9.17) is 9.15 Å². The zero-order chi connectivity index (χ0) is 17.9. The van der Waals surface area contributed by atoms with Crippen LogP contribution < -0.4 is 10.1 Å². The van der Waals surface area contributed by atoms with Gasteiger partial charge in [0.1, 0.15) is 5.58 Å². The van der Waals surface area contributed by atoms with Gasteiger partial charge < -0.3 is 9.15 Å². The van der Waals surface area contributed by atoms with Gasteiger partial charge in [-0.3, -0.25) is 10.1 Å². The number of tetrazole rings is 1. The number of carbonyl (C=O) groups is 1. The highest BCUT2D eigenvalue weighted by molar-refractivity contribution is 6.08. The van der Waals surface area contributed by atoms with Crippen molar-refractivity contribution in [3.8, 4) is 16.9 Å². The number of rotatable bonds is 5. The molecule has 0 bridgehead atoms. The zero-order valence-corrected chi connectivity index (χ0v) is 13.9.